The molecule has 0 aromatic heterocycles. The molecule has 6 heteroatoms. The Labute approximate surface area is 121 Å². The van der Waals surface area contributed by atoms with Gasteiger partial charge >= 0.3 is 11.9 Å². The van der Waals surface area contributed by atoms with Crippen LogP contribution in [0, 0.1) is 0 Å². The second kappa shape index (κ2) is 6.51. The van der Waals surface area contributed by atoms with E-state index in [1.54, 1.807) is 30.3 Å². The summed E-state index contributed by atoms with van der Waals surface area (Å²) in [5, 5.41) is 20.2. The van der Waals surface area contributed by atoms with Crippen molar-refractivity contribution < 1.29 is 29.3 Å². The van der Waals surface area contributed by atoms with E-state index in [0.717, 1.165) is 6.08 Å². The van der Waals surface area contributed by atoms with Gasteiger partial charge in [0.25, 0.3) is 0 Å². The molecule has 4 atom stereocenters. The molecule has 21 heavy (non-hydrogen) atoms. The molecule has 0 saturated heterocycles. The fourth-order valence-electron chi connectivity index (χ4n) is 2.13. The van der Waals surface area contributed by atoms with Crippen LogP contribution in [0.1, 0.15) is 18.6 Å². The van der Waals surface area contributed by atoms with Crippen LogP contribution in [-0.2, 0) is 19.1 Å². The van der Waals surface area contributed by atoms with Crippen LogP contribution in [0.25, 0.3) is 0 Å². The number of benzene rings is 1. The largest absolute Gasteiger partial charge is 0.455 e. The van der Waals surface area contributed by atoms with E-state index in [-0.39, 0.29) is 0 Å². The second-order valence-electron chi connectivity index (χ2n) is 4.68. The number of carbonyl (C=O) groups is 2. The lowest BCUT2D eigenvalue weighted by atomic mass is 9.96. The third-order valence-electron chi connectivity index (χ3n) is 3.09. The van der Waals surface area contributed by atoms with Crippen molar-refractivity contribution in [1.29, 1.82) is 0 Å². The van der Waals surface area contributed by atoms with Crippen molar-refractivity contribution in [2.45, 2.75) is 31.3 Å². The van der Waals surface area contributed by atoms with Gasteiger partial charge in [0.15, 0.2) is 12.2 Å². The summed E-state index contributed by atoms with van der Waals surface area (Å²) in [5.41, 5.74) is 0.540. The highest BCUT2D eigenvalue weighted by atomic mass is 16.6. The summed E-state index contributed by atoms with van der Waals surface area (Å²) in [4.78, 5) is 22.5. The lowest BCUT2D eigenvalue weighted by Crippen LogP contribution is -2.46. The molecular formula is C15H16O6. The van der Waals surface area contributed by atoms with Crippen LogP contribution in [0.2, 0.25) is 0 Å². The summed E-state index contributed by atoms with van der Waals surface area (Å²) in [6.45, 7) is 1.21. The lowest BCUT2D eigenvalue weighted by molar-refractivity contribution is -0.176. The standard InChI is InChI=1S/C15H16O6/c1-9(16)20-14(10-5-3-2-4-6-10)13(19)15-11(17)7-8-12(18)21-15/h2-8,11,13-15,17,19H,1H3/t11-,13+,14+,15?/m0/s1. The number of rotatable bonds is 4. The molecule has 1 aliphatic rings. The quantitative estimate of drug-likeness (QED) is 0.785. The molecule has 6 nitrogen and oxygen atoms in total. The van der Waals surface area contributed by atoms with Crippen molar-refractivity contribution in [3.63, 3.8) is 0 Å². The van der Waals surface area contributed by atoms with E-state index in [1.807, 2.05) is 0 Å². The molecule has 0 spiro atoms. The molecule has 0 bridgehead atoms. The summed E-state index contributed by atoms with van der Waals surface area (Å²) >= 11 is 0. The van der Waals surface area contributed by atoms with Crippen molar-refractivity contribution in [3.8, 4) is 0 Å². The normalized spacial score (nSPS) is 24.0. The fraction of sp³-hybridized carbons (Fsp3) is 0.333. The zero-order valence-electron chi connectivity index (χ0n) is 11.4. The van der Waals surface area contributed by atoms with Gasteiger partial charge in [-0.25, -0.2) is 4.79 Å². The fourth-order valence-corrected chi connectivity index (χ4v) is 2.13. The number of aliphatic hydroxyl groups excluding tert-OH is 2. The van der Waals surface area contributed by atoms with Gasteiger partial charge in [0, 0.05) is 13.0 Å². The third kappa shape index (κ3) is 3.68. The Morgan fingerprint density at radius 1 is 1.33 bits per heavy atom. The molecule has 1 aromatic carbocycles. The first kappa shape index (κ1) is 15.2. The predicted molar refractivity (Wildman–Crippen MR) is 72.0 cm³/mol. The Morgan fingerprint density at radius 2 is 2.00 bits per heavy atom. The van der Waals surface area contributed by atoms with Crippen LogP contribution in [0.15, 0.2) is 42.5 Å². The predicted octanol–water partition coefficient (Wildman–Crippen LogP) is 0.494. The molecule has 2 rings (SSSR count). The molecule has 0 amide bonds. The topological polar surface area (TPSA) is 93.1 Å². The zero-order chi connectivity index (χ0) is 15.4. The van der Waals surface area contributed by atoms with Crippen molar-refractivity contribution in [1.82, 2.24) is 0 Å². The van der Waals surface area contributed by atoms with E-state index in [9.17, 15) is 19.8 Å². The SMILES string of the molecule is CC(=O)O[C@H](c1ccccc1)[C@@H](O)C1OC(=O)C=C[C@@H]1O. The molecule has 2 N–H and O–H groups in total. The number of carbonyl (C=O) groups excluding carboxylic acids is 2. The monoisotopic (exact) mass is 292 g/mol. The summed E-state index contributed by atoms with van der Waals surface area (Å²) in [7, 11) is 0. The maximum Gasteiger partial charge on any atom is 0.330 e. The van der Waals surface area contributed by atoms with E-state index in [4.69, 9.17) is 9.47 Å². The first-order valence-corrected chi connectivity index (χ1v) is 6.46. The van der Waals surface area contributed by atoms with Gasteiger partial charge in [0.05, 0.1) is 0 Å². The van der Waals surface area contributed by atoms with Crippen LogP contribution >= 0.6 is 0 Å². The smallest absolute Gasteiger partial charge is 0.330 e. The maximum atomic E-state index is 11.3. The number of cyclic esters (lactones) is 1. The van der Waals surface area contributed by atoms with Gasteiger partial charge in [-0.3, -0.25) is 4.79 Å². The summed E-state index contributed by atoms with van der Waals surface area (Å²) in [6.07, 6.45) is -2.48. The van der Waals surface area contributed by atoms with Gasteiger partial charge < -0.3 is 19.7 Å². The lowest BCUT2D eigenvalue weighted by Gasteiger charge is -2.32. The highest BCUT2D eigenvalue weighted by Gasteiger charge is 2.38. The summed E-state index contributed by atoms with van der Waals surface area (Å²) < 4.78 is 10.0. The van der Waals surface area contributed by atoms with Crippen molar-refractivity contribution in [3.05, 3.63) is 48.0 Å². The molecule has 1 heterocycles. The molecular weight excluding hydrogens is 276 g/mol. The van der Waals surface area contributed by atoms with E-state index in [0.29, 0.717) is 5.56 Å². The van der Waals surface area contributed by atoms with Crippen LogP contribution in [-0.4, -0.2) is 40.5 Å². The Balaban J connectivity index is 2.26. The van der Waals surface area contributed by atoms with E-state index in [1.165, 1.54) is 13.0 Å². The van der Waals surface area contributed by atoms with Crippen molar-refractivity contribution in [2.24, 2.45) is 0 Å². The summed E-state index contributed by atoms with van der Waals surface area (Å²) in [5.74, 6) is -1.26. The maximum absolute atomic E-state index is 11.3. The third-order valence-corrected chi connectivity index (χ3v) is 3.09. The van der Waals surface area contributed by atoms with Crippen LogP contribution < -0.4 is 0 Å². The molecule has 0 fully saturated rings. The minimum absolute atomic E-state index is 0.540. The summed E-state index contributed by atoms with van der Waals surface area (Å²) in [6, 6.07) is 8.57. The Bertz CT molecular complexity index is 538. The number of hydrogen-bond acceptors (Lipinski definition) is 6. The van der Waals surface area contributed by atoms with Gasteiger partial charge in [-0.05, 0) is 11.6 Å². The van der Waals surface area contributed by atoms with Gasteiger partial charge in [-0.15, -0.1) is 0 Å². The zero-order valence-corrected chi connectivity index (χ0v) is 11.4. The second-order valence-corrected chi connectivity index (χ2v) is 4.68. The number of hydrogen-bond donors (Lipinski definition) is 2. The van der Waals surface area contributed by atoms with Crippen LogP contribution in [0.5, 0.6) is 0 Å². The first-order valence-electron chi connectivity index (χ1n) is 6.46. The van der Waals surface area contributed by atoms with Crippen LogP contribution in [0.3, 0.4) is 0 Å². The van der Waals surface area contributed by atoms with Crippen molar-refractivity contribution >= 4 is 11.9 Å². The number of aliphatic hydroxyl groups is 2. The van der Waals surface area contributed by atoms with Gasteiger partial charge in [-0.2, -0.15) is 0 Å². The van der Waals surface area contributed by atoms with E-state index < -0.39 is 36.4 Å². The highest BCUT2D eigenvalue weighted by Crippen LogP contribution is 2.27. The highest BCUT2D eigenvalue weighted by molar-refractivity contribution is 5.83. The molecule has 112 valence electrons. The average molecular weight is 292 g/mol. The molecule has 1 aliphatic heterocycles. The molecule has 1 unspecified atom stereocenters. The Hall–Kier alpha value is -2.18. The van der Waals surface area contributed by atoms with Crippen molar-refractivity contribution in [2.75, 3.05) is 0 Å². The molecule has 0 aliphatic carbocycles. The van der Waals surface area contributed by atoms with Gasteiger partial charge in [0.1, 0.15) is 12.2 Å². The van der Waals surface area contributed by atoms with Gasteiger partial charge in [0.2, 0.25) is 0 Å². The first-order chi connectivity index (χ1) is 9.99. The molecule has 0 radical (unpaired) electrons. The number of ether oxygens (including phenoxy) is 2. The molecule has 0 saturated carbocycles. The Morgan fingerprint density at radius 3 is 2.62 bits per heavy atom. The molecule has 1 aromatic rings. The van der Waals surface area contributed by atoms with Gasteiger partial charge in [-0.1, -0.05) is 30.3 Å². The minimum atomic E-state index is -1.39. The minimum Gasteiger partial charge on any atom is -0.455 e. The Kier molecular flexibility index (Phi) is 4.72. The van der Waals surface area contributed by atoms with E-state index in [2.05, 4.69) is 0 Å². The average Bonchev–Trinajstić information content (AvgIpc) is 2.47. The number of esters is 2. The van der Waals surface area contributed by atoms with E-state index >= 15 is 0 Å². The van der Waals surface area contributed by atoms with Crippen LogP contribution in [0.4, 0.5) is 0 Å².